The fourth-order valence-electron chi connectivity index (χ4n) is 2.35. The van der Waals surface area contributed by atoms with Gasteiger partial charge in [0.05, 0.1) is 6.42 Å². The van der Waals surface area contributed by atoms with E-state index < -0.39 is 5.97 Å². The van der Waals surface area contributed by atoms with E-state index in [2.05, 4.69) is 16.7 Å². The number of hydrogen-bond donors (Lipinski definition) is 3. The molecule has 5 heteroatoms. The van der Waals surface area contributed by atoms with E-state index in [-0.39, 0.29) is 19.0 Å². The molecule has 1 aliphatic rings. The second-order valence-electron chi connectivity index (χ2n) is 4.67. The molecule has 2 rings (SSSR count). The molecule has 2 amide bonds. The van der Waals surface area contributed by atoms with E-state index in [4.69, 9.17) is 5.11 Å². The number of fused-ring (bicyclic) bond motifs is 1. The minimum absolute atomic E-state index is 0.0691. The van der Waals surface area contributed by atoms with Crippen LogP contribution in [-0.2, 0) is 17.6 Å². The maximum atomic E-state index is 11.7. The number of amides is 2. The molecule has 5 nitrogen and oxygen atoms in total. The molecule has 19 heavy (non-hydrogen) atoms. The molecule has 1 aromatic carbocycles. The van der Waals surface area contributed by atoms with Crippen LogP contribution in [0.2, 0.25) is 0 Å². The van der Waals surface area contributed by atoms with E-state index in [0.29, 0.717) is 0 Å². The topological polar surface area (TPSA) is 78.4 Å². The molecule has 0 aromatic heterocycles. The summed E-state index contributed by atoms with van der Waals surface area (Å²) in [6, 6.07) is 5.58. The molecule has 0 fully saturated rings. The summed E-state index contributed by atoms with van der Waals surface area (Å²) in [5.74, 6) is -0.919. The Kier molecular flexibility index (Phi) is 4.39. The van der Waals surface area contributed by atoms with Gasteiger partial charge in [-0.2, -0.15) is 0 Å². The van der Waals surface area contributed by atoms with Crippen LogP contribution in [-0.4, -0.2) is 23.7 Å². The number of nitrogens with one attached hydrogen (secondary N) is 2. The largest absolute Gasteiger partial charge is 0.481 e. The third kappa shape index (κ3) is 3.71. The number of carboxylic acids is 1. The summed E-state index contributed by atoms with van der Waals surface area (Å²) in [6.07, 6.45) is 4.32. The Morgan fingerprint density at radius 2 is 2.00 bits per heavy atom. The monoisotopic (exact) mass is 262 g/mol. The Bertz CT molecular complexity index is 486. The van der Waals surface area contributed by atoms with E-state index in [9.17, 15) is 9.59 Å². The Hall–Kier alpha value is -2.04. The van der Waals surface area contributed by atoms with Crippen LogP contribution in [0.3, 0.4) is 0 Å². The van der Waals surface area contributed by atoms with Gasteiger partial charge >= 0.3 is 12.0 Å². The van der Waals surface area contributed by atoms with Crippen molar-refractivity contribution in [2.75, 3.05) is 11.9 Å². The quantitative estimate of drug-likeness (QED) is 0.778. The average molecular weight is 262 g/mol. The number of hydrogen-bond acceptors (Lipinski definition) is 2. The number of carboxylic acid groups (broad SMARTS) is 1. The fraction of sp³-hybridized carbons (Fsp3) is 0.429. The summed E-state index contributed by atoms with van der Waals surface area (Å²) in [5.41, 5.74) is 3.35. The van der Waals surface area contributed by atoms with Crippen LogP contribution in [0.15, 0.2) is 18.2 Å². The first-order chi connectivity index (χ1) is 9.16. The van der Waals surface area contributed by atoms with Crippen molar-refractivity contribution in [2.24, 2.45) is 0 Å². The van der Waals surface area contributed by atoms with Crippen LogP contribution in [0.4, 0.5) is 10.5 Å². The SMILES string of the molecule is O=C(O)CCNC(=O)Nc1cccc2c1CCCC2. The number of rotatable bonds is 4. The van der Waals surface area contributed by atoms with Gasteiger partial charge in [-0.05, 0) is 42.9 Å². The summed E-state index contributed by atoms with van der Waals surface area (Å²) in [4.78, 5) is 22.0. The van der Waals surface area contributed by atoms with Crippen LogP contribution < -0.4 is 10.6 Å². The van der Waals surface area contributed by atoms with Crippen LogP contribution in [0, 0.1) is 0 Å². The van der Waals surface area contributed by atoms with Crippen molar-refractivity contribution in [3.63, 3.8) is 0 Å². The Morgan fingerprint density at radius 3 is 2.79 bits per heavy atom. The van der Waals surface area contributed by atoms with Gasteiger partial charge in [-0.1, -0.05) is 12.1 Å². The summed E-state index contributed by atoms with van der Waals surface area (Å²) in [6.45, 7) is 0.135. The third-order valence-electron chi connectivity index (χ3n) is 3.27. The third-order valence-corrected chi connectivity index (χ3v) is 3.27. The predicted octanol–water partition coefficient (Wildman–Crippen LogP) is 2.16. The zero-order chi connectivity index (χ0) is 13.7. The molecular formula is C14H18N2O3. The summed E-state index contributed by atoms with van der Waals surface area (Å²) >= 11 is 0. The van der Waals surface area contributed by atoms with Crippen molar-refractivity contribution in [1.82, 2.24) is 5.32 Å². The second-order valence-corrected chi connectivity index (χ2v) is 4.67. The lowest BCUT2D eigenvalue weighted by Crippen LogP contribution is -2.31. The van der Waals surface area contributed by atoms with Gasteiger partial charge in [-0.15, -0.1) is 0 Å². The van der Waals surface area contributed by atoms with Crippen molar-refractivity contribution in [3.05, 3.63) is 29.3 Å². The molecule has 0 aliphatic heterocycles. The smallest absolute Gasteiger partial charge is 0.319 e. The van der Waals surface area contributed by atoms with Gasteiger partial charge in [0.15, 0.2) is 0 Å². The highest BCUT2D eigenvalue weighted by Crippen LogP contribution is 2.27. The molecule has 3 N–H and O–H groups in total. The summed E-state index contributed by atoms with van der Waals surface area (Å²) < 4.78 is 0. The maximum Gasteiger partial charge on any atom is 0.319 e. The van der Waals surface area contributed by atoms with Gasteiger partial charge in [0.25, 0.3) is 0 Å². The molecule has 0 heterocycles. The van der Waals surface area contributed by atoms with Crippen LogP contribution in [0.25, 0.3) is 0 Å². The highest BCUT2D eigenvalue weighted by Gasteiger charge is 2.14. The Balaban J connectivity index is 1.95. The van der Waals surface area contributed by atoms with Crippen molar-refractivity contribution in [2.45, 2.75) is 32.1 Å². The van der Waals surface area contributed by atoms with Crippen molar-refractivity contribution in [3.8, 4) is 0 Å². The van der Waals surface area contributed by atoms with Gasteiger partial charge in [0.1, 0.15) is 0 Å². The Labute approximate surface area is 112 Å². The average Bonchev–Trinajstić information content (AvgIpc) is 2.39. The zero-order valence-electron chi connectivity index (χ0n) is 10.7. The number of anilines is 1. The molecule has 102 valence electrons. The molecule has 0 unspecified atom stereocenters. The van der Waals surface area contributed by atoms with E-state index in [1.54, 1.807) is 0 Å². The second kappa shape index (κ2) is 6.22. The minimum atomic E-state index is -0.919. The lowest BCUT2D eigenvalue weighted by atomic mass is 9.90. The first-order valence-corrected chi connectivity index (χ1v) is 6.54. The lowest BCUT2D eigenvalue weighted by Gasteiger charge is -2.19. The lowest BCUT2D eigenvalue weighted by molar-refractivity contribution is -0.136. The van der Waals surface area contributed by atoms with Crippen molar-refractivity contribution < 1.29 is 14.7 Å². The number of carbonyl (C=O) groups is 2. The van der Waals surface area contributed by atoms with Gasteiger partial charge in [0.2, 0.25) is 0 Å². The van der Waals surface area contributed by atoms with Crippen LogP contribution in [0.5, 0.6) is 0 Å². The van der Waals surface area contributed by atoms with Gasteiger partial charge < -0.3 is 15.7 Å². The molecule has 0 bridgehead atoms. The molecule has 1 aliphatic carbocycles. The first-order valence-electron chi connectivity index (χ1n) is 6.54. The highest BCUT2D eigenvalue weighted by molar-refractivity contribution is 5.90. The molecule has 0 atom stereocenters. The number of benzene rings is 1. The van der Waals surface area contributed by atoms with Gasteiger partial charge in [0, 0.05) is 12.2 Å². The molecule has 0 spiro atoms. The summed E-state index contributed by atoms with van der Waals surface area (Å²) in [5, 5.41) is 13.8. The van der Waals surface area contributed by atoms with Crippen molar-refractivity contribution >= 4 is 17.7 Å². The fourth-order valence-corrected chi connectivity index (χ4v) is 2.35. The maximum absolute atomic E-state index is 11.7. The van der Waals surface area contributed by atoms with Crippen molar-refractivity contribution in [1.29, 1.82) is 0 Å². The molecule has 0 radical (unpaired) electrons. The standard InChI is InChI=1S/C14H18N2O3/c17-13(18)8-9-15-14(19)16-12-7-3-5-10-4-1-2-6-11(10)12/h3,5,7H,1-2,4,6,8-9H2,(H,17,18)(H2,15,16,19). The molecular weight excluding hydrogens is 244 g/mol. The molecule has 0 saturated carbocycles. The molecule has 1 aromatic rings. The summed E-state index contributed by atoms with van der Waals surface area (Å²) in [7, 11) is 0. The highest BCUT2D eigenvalue weighted by atomic mass is 16.4. The molecule has 0 saturated heterocycles. The van der Waals surface area contributed by atoms with Gasteiger partial charge in [-0.25, -0.2) is 4.79 Å². The number of aliphatic carboxylic acids is 1. The zero-order valence-corrected chi connectivity index (χ0v) is 10.7. The number of carbonyl (C=O) groups excluding carboxylic acids is 1. The Morgan fingerprint density at radius 1 is 1.21 bits per heavy atom. The van der Waals surface area contributed by atoms with E-state index in [1.807, 2.05) is 12.1 Å². The minimum Gasteiger partial charge on any atom is -0.481 e. The number of urea groups is 1. The van der Waals surface area contributed by atoms with Crippen LogP contribution in [0.1, 0.15) is 30.4 Å². The normalized spacial score (nSPS) is 13.5. The predicted molar refractivity (Wildman–Crippen MR) is 72.4 cm³/mol. The van der Waals surface area contributed by atoms with E-state index in [1.165, 1.54) is 17.5 Å². The first kappa shape index (κ1) is 13.4. The van der Waals surface area contributed by atoms with Gasteiger partial charge in [-0.3, -0.25) is 4.79 Å². The number of aryl methyl sites for hydroxylation is 1. The van der Waals surface area contributed by atoms with Crippen LogP contribution >= 0.6 is 0 Å². The van der Waals surface area contributed by atoms with E-state index in [0.717, 1.165) is 24.9 Å². The van der Waals surface area contributed by atoms with E-state index >= 15 is 0 Å².